The number of hydrogen-bond acceptors (Lipinski definition) is 5. The van der Waals surface area contributed by atoms with Gasteiger partial charge in [0.25, 0.3) is 0 Å². The summed E-state index contributed by atoms with van der Waals surface area (Å²) in [4.78, 5) is 24.9. The van der Waals surface area contributed by atoms with Gasteiger partial charge >= 0.3 is 6.09 Å². The van der Waals surface area contributed by atoms with E-state index < -0.39 is 5.60 Å². The molecule has 6 nitrogen and oxygen atoms in total. The number of rotatable bonds is 4. The van der Waals surface area contributed by atoms with Gasteiger partial charge in [0.15, 0.2) is 0 Å². The van der Waals surface area contributed by atoms with E-state index in [9.17, 15) is 4.79 Å². The average molecular weight is 320 g/mol. The molecule has 0 N–H and O–H groups in total. The van der Waals surface area contributed by atoms with Gasteiger partial charge in [-0.05, 0) is 47.6 Å². The number of hydrogen-bond donors (Lipinski definition) is 0. The maximum atomic E-state index is 12.4. The summed E-state index contributed by atoms with van der Waals surface area (Å²) in [6.45, 7) is 9.38. The molecule has 0 spiro atoms. The number of carbonyl (C=O) groups is 1. The van der Waals surface area contributed by atoms with Gasteiger partial charge in [0.1, 0.15) is 5.60 Å². The van der Waals surface area contributed by atoms with Gasteiger partial charge in [-0.15, -0.1) is 0 Å². The highest BCUT2D eigenvalue weighted by Gasteiger charge is 2.33. The summed E-state index contributed by atoms with van der Waals surface area (Å²) in [5.74, 6) is 0. The van der Waals surface area contributed by atoms with Crippen molar-refractivity contribution >= 4 is 6.09 Å². The van der Waals surface area contributed by atoms with Crippen LogP contribution in [0.3, 0.4) is 0 Å². The van der Waals surface area contributed by atoms with Crippen molar-refractivity contribution < 1.29 is 9.53 Å². The van der Waals surface area contributed by atoms with E-state index in [0.29, 0.717) is 0 Å². The third kappa shape index (κ3) is 4.89. The zero-order valence-electron chi connectivity index (χ0n) is 14.8. The highest BCUT2D eigenvalue weighted by Crippen LogP contribution is 2.24. The van der Waals surface area contributed by atoms with E-state index in [1.165, 1.54) is 0 Å². The van der Waals surface area contributed by atoms with Crippen LogP contribution in [0, 0.1) is 0 Å². The van der Waals surface area contributed by atoms with Gasteiger partial charge in [-0.25, -0.2) is 4.79 Å². The fourth-order valence-corrected chi connectivity index (χ4v) is 2.83. The van der Waals surface area contributed by atoms with Crippen molar-refractivity contribution in [3.05, 3.63) is 24.3 Å². The number of aromatic nitrogens is 2. The van der Waals surface area contributed by atoms with Gasteiger partial charge in [0.2, 0.25) is 0 Å². The molecule has 0 bridgehead atoms. The fraction of sp³-hybridized carbons (Fsp3) is 0.706. The van der Waals surface area contributed by atoms with Gasteiger partial charge in [-0.1, -0.05) is 0 Å². The third-order valence-corrected chi connectivity index (χ3v) is 4.18. The van der Waals surface area contributed by atoms with Crippen molar-refractivity contribution in [2.24, 2.45) is 0 Å². The molecule has 1 aliphatic rings. The van der Waals surface area contributed by atoms with Crippen molar-refractivity contribution in [3.63, 3.8) is 0 Å². The van der Waals surface area contributed by atoms with Crippen LogP contribution < -0.4 is 0 Å². The van der Waals surface area contributed by atoms with E-state index in [0.717, 1.165) is 31.6 Å². The summed E-state index contributed by atoms with van der Waals surface area (Å²) in [6, 6.07) is 0.346. The largest absolute Gasteiger partial charge is 0.444 e. The molecule has 0 unspecified atom stereocenters. The van der Waals surface area contributed by atoms with Crippen molar-refractivity contribution in [1.82, 2.24) is 19.8 Å². The molecule has 2 rings (SSSR count). The molecule has 2 atom stereocenters. The molecule has 1 saturated heterocycles. The fourth-order valence-electron chi connectivity index (χ4n) is 2.83. The Hall–Kier alpha value is -1.69. The molecule has 0 aromatic carbocycles. The SMILES string of the molecule is C[C@@H](c1cnccn1)N(C)C[C@@H]1CCCN1C(=O)OC(C)(C)C. The molecule has 1 aliphatic heterocycles. The van der Waals surface area contributed by atoms with Crippen molar-refractivity contribution in [1.29, 1.82) is 0 Å². The maximum Gasteiger partial charge on any atom is 0.410 e. The first kappa shape index (κ1) is 17.7. The number of amides is 1. The Morgan fingerprint density at radius 1 is 1.48 bits per heavy atom. The van der Waals surface area contributed by atoms with Crippen LogP contribution in [0.5, 0.6) is 0 Å². The van der Waals surface area contributed by atoms with Crippen LogP contribution in [-0.4, -0.2) is 57.6 Å². The second-order valence-corrected chi connectivity index (χ2v) is 7.22. The van der Waals surface area contributed by atoms with E-state index in [1.807, 2.05) is 25.7 Å². The normalized spacial score (nSPS) is 19.9. The van der Waals surface area contributed by atoms with Gasteiger partial charge in [0, 0.05) is 37.7 Å². The molecule has 1 aromatic rings. The Kier molecular flexibility index (Phi) is 5.57. The molecular formula is C17H28N4O2. The van der Waals surface area contributed by atoms with E-state index in [4.69, 9.17) is 4.74 Å². The minimum Gasteiger partial charge on any atom is -0.444 e. The Labute approximate surface area is 138 Å². The van der Waals surface area contributed by atoms with Crippen LogP contribution in [0.15, 0.2) is 18.6 Å². The summed E-state index contributed by atoms with van der Waals surface area (Å²) >= 11 is 0. The monoisotopic (exact) mass is 320 g/mol. The minimum atomic E-state index is -0.455. The predicted molar refractivity (Wildman–Crippen MR) is 89.0 cm³/mol. The minimum absolute atomic E-state index is 0.157. The van der Waals surface area contributed by atoms with Crippen LogP contribution in [-0.2, 0) is 4.74 Å². The van der Waals surface area contributed by atoms with E-state index in [1.54, 1.807) is 18.6 Å². The standard InChI is InChI=1S/C17H28N4O2/c1-13(15-11-18-8-9-19-15)20(5)12-14-7-6-10-21(14)16(22)23-17(2,3)4/h8-9,11,13-14H,6-7,10,12H2,1-5H3/t13-,14-/m0/s1. The van der Waals surface area contributed by atoms with Crippen molar-refractivity contribution in [3.8, 4) is 0 Å². The summed E-state index contributed by atoms with van der Waals surface area (Å²) in [5.41, 5.74) is 0.486. The molecule has 0 aliphatic carbocycles. The van der Waals surface area contributed by atoms with Crippen LogP contribution in [0.4, 0.5) is 4.79 Å². The molecule has 0 saturated carbocycles. The lowest BCUT2D eigenvalue weighted by Gasteiger charge is -2.32. The topological polar surface area (TPSA) is 58.6 Å². The zero-order valence-corrected chi connectivity index (χ0v) is 14.8. The Morgan fingerprint density at radius 3 is 2.83 bits per heavy atom. The van der Waals surface area contributed by atoms with Gasteiger partial charge in [0.05, 0.1) is 11.7 Å². The van der Waals surface area contributed by atoms with Crippen LogP contribution in [0.2, 0.25) is 0 Å². The Balaban J connectivity index is 1.96. The second-order valence-electron chi connectivity index (χ2n) is 7.22. The Bertz CT molecular complexity index is 515. The third-order valence-electron chi connectivity index (χ3n) is 4.18. The quantitative estimate of drug-likeness (QED) is 0.854. The summed E-state index contributed by atoms with van der Waals surface area (Å²) < 4.78 is 5.52. The van der Waals surface area contributed by atoms with Crippen LogP contribution >= 0.6 is 0 Å². The zero-order chi connectivity index (χ0) is 17.0. The molecule has 23 heavy (non-hydrogen) atoms. The first-order valence-corrected chi connectivity index (χ1v) is 8.23. The highest BCUT2D eigenvalue weighted by molar-refractivity contribution is 5.69. The van der Waals surface area contributed by atoms with Gasteiger partial charge < -0.3 is 9.64 Å². The maximum absolute atomic E-state index is 12.4. The molecule has 2 heterocycles. The van der Waals surface area contributed by atoms with Gasteiger partial charge in [-0.2, -0.15) is 0 Å². The van der Waals surface area contributed by atoms with Crippen molar-refractivity contribution in [2.75, 3.05) is 20.1 Å². The number of nitrogens with zero attached hydrogens (tertiary/aromatic N) is 4. The molecule has 1 amide bonds. The van der Waals surface area contributed by atoms with E-state index in [-0.39, 0.29) is 18.2 Å². The highest BCUT2D eigenvalue weighted by atomic mass is 16.6. The van der Waals surface area contributed by atoms with Crippen LogP contribution in [0.1, 0.15) is 52.3 Å². The van der Waals surface area contributed by atoms with E-state index >= 15 is 0 Å². The molecule has 1 fully saturated rings. The Morgan fingerprint density at radius 2 is 2.22 bits per heavy atom. The number of likely N-dealkylation sites (tertiary alicyclic amines) is 1. The van der Waals surface area contributed by atoms with Crippen LogP contribution in [0.25, 0.3) is 0 Å². The molecule has 0 radical (unpaired) electrons. The van der Waals surface area contributed by atoms with Gasteiger partial charge in [-0.3, -0.25) is 14.9 Å². The smallest absolute Gasteiger partial charge is 0.410 e. The lowest BCUT2D eigenvalue weighted by molar-refractivity contribution is 0.0193. The second kappa shape index (κ2) is 7.25. The van der Waals surface area contributed by atoms with E-state index in [2.05, 4.69) is 28.8 Å². The predicted octanol–water partition coefficient (Wildman–Crippen LogP) is 2.87. The summed E-state index contributed by atoms with van der Waals surface area (Å²) in [7, 11) is 2.06. The lowest BCUT2D eigenvalue weighted by Crippen LogP contribution is -2.45. The number of likely N-dealkylation sites (N-methyl/N-ethyl adjacent to an activating group) is 1. The van der Waals surface area contributed by atoms with Crippen molar-refractivity contribution in [2.45, 2.75) is 58.2 Å². The first-order chi connectivity index (χ1) is 10.8. The average Bonchev–Trinajstić information content (AvgIpc) is 2.94. The molecule has 1 aromatic heterocycles. The molecular weight excluding hydrogens is 292 g/mol. The lowest BCUT2D eigenvalue weighted by atomic mass is 10.1. The summed E-state index contributed by atoms with van der Waals surface area (Å²) in [5, 5.41) is 0. The molecule has 128 valence electrons. The number of carbonyl (C=O) groups excluding carboxylic acids is 1. The number of ether oxygens (including phenoxy) is 1. The summed E-state index contributed by atoms with van der Waals surface area (Å²) in [6.07, 6.45) is 7.01. The molecule has 6 heteroatoms. The first-order valence-electron chi connectivity index (χ1n) is 8.23.